The zero-order chi connectivity index (χ0) is 30.9. The maximum atomic E-state index is 15.2. The van der Waals surface area contributed by atoms with Crippen LogP contribution in [-0.2, 0) is 44.2 Å². The molecule has 0 unspecified atom stereocenters. The zero-order valence-electron chi connectivity index (χ0n) is 24.5. The van der Waals surface area contributed by atoms with Gasteiger partial charge in [0, 0.05) is 29.2 Å². The van der Waals surface area contributed by atoms with Crippen molar-refractivity contribution in [1.82, 2.24) is 14.9 Å². The molecule has 44 heavy (non-hydrogen) atoms. The quantitative estimate of drug-likeness (QED) is 0.239. The van der Waals surface area contributed by atoms with E-state index in [9.17, 15) is 19.5 Å². The third-order valence-electron chi connectivity index (χ3n) is 9.39. The number of pyridine rings is 2. The molecule has 1 fully saturated rings. The lowest BCUT2D eigenvalue weighted by molar-refractivity contribution is -0.172. The standard InChI is InChI=1S/C31H32FN3O7S2/c1-4-31(39)18-9-22-27-16(11-35(22)28(36)17(18)12-41-29(31)37)26-20(6-5-15-14(2)19(32)10-21(33-27)25(15)26)34-30(38)42-23-13-40-8-7-24(23)44-43-3/h9-10,20,23-24,39H,4-8,11-13H2,1-3H3,(H,34,38)/t20-,23+,24+,31-/m0/s1. The summed E-state index contributed by atoms with van der Waals surface area (Å²) in [6, 6.07) is 2.55. The highest BCUT2D eigenvalue weighted by molar-refractivity contribution is 8.76. The van der Waals surface area contributed by atoms with Crippen molar-refractivity contribution in [3.8, 4) is 11.4 Å². The van der Waals surface area contributed by atoms with Gasteiger partial charge in [-0.3, -0.25) is 4.79 Å². The number of carbonyl (C=O) groups is 2. The van der Waals surface area contributed by atoms with E-state index in [1.54, 1.807) is 46.1 Å². The summed E-state index contributed by atoms with van der Waals surface area (Å²) in [6.07, 6.45) is 2.87. The molecule has 0 bridgehead atoms. The first kappa shape index (κ1) is 29.6. The van der Waals surface area contributed by atoms with Crippen molar-refractivity contribution < 1.29 is 33.3 Å². The Hall–Kier alpha value is -3.13. The molecule has 13 heteroatoms. The summed E-state index contributed by atoms with van der Waals surface area (Å²) in [4.78, 5) is 44.6. The zero-order valence-corrected chi connectivity index (χ0v) is 26.2. The number of hydrogen-bond donors (Lipinski definition) is 2. The smallest absolute Gasteiger partial charge is 0.408 e. The van der Waals surface area contributed by atoms with Crippen molar-refractivity contribution in [2.24, 2.45) is 0 Å². The second kappa shape index (κ2) is 11.0. The Balaban J connectivity index is 1.34. The highest BCUT2D eigenvalue weighted by Crippen LogP contribution is 2.46. The molecule has 1 aliphatic carbocycles. The Bertz CT molecular complexity index is 1790. The molecule has 3 aromatic rings. The van der Waals surface area contributed by atoms with Crippen LogP contribution in [0, 0.1) is 12.7 Å². The molecule has 0 saturated carbocycles. The molecule has 2 aromatic heterocycles. The molecule has 1 amide bonds. The Morgan fingerprint density at radius 3 is 2.86 bits per heavy atom. The van der Waals surface area contributed by atoms with Gasteiger partial charge in [-0.25, -0.2) is 19.0 Å². The Kier molecular flexibility index (Phi) is 7.42. The number of aromatic nitrogens is 2. The first-order valence-electron chi connectivity index (χ1n) is 14.7. The van der Waals surface area contributed by atoms with Gasteiger partial charge in [0.25, 0.3) is 5.56 Å². The largest absolute Gasteiger partial charge is 0.458 e. The lowest BCUT2D eigenvalue weighted by Crippen LogP contribution is -2.44. The number of esters is 1. The Labute approximate surface area is 260 Å². The summed E-state index contributed by atoms with van der Waals surface area (Å²) in [6.45, 7) is 4.26. The van der Waals surface area contributed by atoms with Crippen LogP contribution in [0.1, 0.15) is 65.6 Å². The van der Waals surface area contributed by atoms with E-state index < -0.39 is 29.8 Å². The second-order valence-electron chi connectivity index (χ2n) is 11.7. The number of rotatable bonds is 5. The van der Waals surface area contributed by atoms with Gasteiger partial charge < -0.3 is 29.2 Å². The van der Waals surface area contributed by atoms with E-state index in [4.69, 9.17) is 19.2 Å². The number of fused-ring (bicyclic) bond motifs is 5. The summed E-state index contributed by atoms with van der Waals surface area (Å²) >= 11 is 0. The van der Waals surface area contributed by atoms with Gasteiger partial charge in [0.2, 0.25) is 0 Å². The van der Waals surface area contributed by atoms with E-state index in [1.165, 1.54) is 6.07 Å². The number of nitrogens with one attached hydrogen (secondary N) is 1. The number of benzene rings is 1. The molecular weight excluding hydrogens is 609 g/mol. The minimum absolute atomic E-state index is 0.0231. The molecule has 0 radical (unpaired) electrons. The molecule has 4 aliphatic rings. The number of nitrogens with zero attached hydrogens (tertiary/aromatic N) is 2. The summed E-state index contributed by atoms with van der Waals surface area (Å²) in [5.41, 5.74) is 2.25. The van der Waals surface area contributed by atoms with E-state index in [-0.39, 0.29) is 47.3 Å². The minimum Gasteiger partial charge on any atom is -0.458 e. The van der Waals surface area contributed by atoms with Crippen LogP contribution in [-0.4, -0.2) is 57.5 Å². The van der Waals surface area contributed by atoms with Gasteiger partial charge in [0.05, 0.1) is 46.9 Å². The third kappa shape index (κ3) is 4.45. The number of alkyl carbamates (subject to hydrolysis) is 1. The van der Waals surface area contributed by atoms with Gasteiger partial charge >= 0.3 is 12.1 Å². The molecule has 1 aromatic carbocycles. The van der Waals surface area contributed by atoms with Crippen molar-refractivity contribution in [1.29, 1.82) is 0 Å². The molecule has 5 heterocycles. The summed E-state index contributed by atoms with van der Waals surface area (Å²) < 4.78 is 33.4. The van der Waals surface area contributed by atoms with Gasteiger partial charge in [-0.15, -0.1) is 0 Å². The lowest BCUT2D eigenvalue weighted by atomic mass is 9.81. The SMILES string of the molecule is CC[C@@]1(O)C(=O)OCc2c1cc1n(c2=O)Cc2c-1nc1cc(F)c(C)c3c1c2[C@@H](NC(=O)O[C@@H]1COCC[C@H]1SSC)CC3. The molecule has 232 valence electrons. The number of ether oxygens (including phenoxy) is 3. The van der Waals surface area contributed by atoms with Gasteiger partial charge in [0.15, 0.2) is 5.60 Å². The highest BCUT2D eigenvalue weighted by Gasteiger charge is 2.46. The van der Waals surface area contributed by atoms with E-state index in [1.807, 2.05) is 6.26 Å². The molecule has 3 aliphatic heterocycles. The van der Waals surface area contributed by atoms with Crippen LogP contribution in [0.2, 0.25) is 0 Å². The second-order valence-corrected chi connectivity index (χ2v) is 14.4. The average Bonchev–Trinajstić information content (AvgIpc) is 3.38. The number of aliphatic hydroxyl groups is 1. The first-order chi connectivity index (χ1) is 21.2. The normalized spacial score (nSPS) is 25.2. The maximum absolute atomic E-state index is 15.2. The van der Waals surface area contributed by atoms with Crippen molar-refractivity contribution >= 4 is 44.6 Å². The van der Waals surface area contributed by atoms with Gasteiger partial charge in [-0.2, -0.15) is 0 Å². The fourth-order valence-electron chi connectivity index (χ4n) is 7.05. The van der Waals surface area contributed by atoms with Crippen molar-refractivity contribution in [3.63, 3.8) is 0 Å². The van der Waals surface area contributed by atoms with Gasteiger partial charge in [-0.05, 0) is 61.6 Å². The molecule has 10 nitrogen and oxygen atoms in total. The van der Waals surface area contributed by atoms with Gasteiger partial charge in [0.1, 0.15) is 18.5 Å². The van der Waals surface area contributed by atoms with Crippen molar-refractivity contribution in [2.75, 3.05) is 19.5 Å². The topological polar surface area (TPSA) is 129 Å². The minimum atomic E-state index is -1.96. The molecule has 0 spiro atoms. The van der Waals surface area contributed by atoms with Crippen LogP contribution in [0.4, 0.5) is 9.18 Å². The van der Waals surface area contributed by atoms with E-state index in [0.717, 1.165) is 28.5 Å². The number of cyclic esters (lactones) is 1. The van der Waals surface area contributed by atoms with Crippen molar-refractivity contribution in [2.45, 2.75) is 75.7 Å². The monoisotopic (exact) mass is 641 g/mol. The predicted molar refractivity (Wildman–Crippen MR) is 164 cm³/mol. The van der Waals surface area contributed by atoms with Gasteiger partial charge in [-0.1, -0.05) is 28.5 Å². The summed E-state index contributed by atoms with van der Waals surface area (Å²) in [7, 11) is 3.29. The van der Waals surface area contributed by atoms with E-state index in [0.29, 0.717) is 48.5 Å². The fraction of sp³-hybridized carbons (Fsp3) is 0.484. The van der Waals surface area contributed by atoms with Crippen LogP contribution in [0.5, 0.6) is 0 Å². The average molecular weight is 642 g/mol. The van der Waals surface area contributed by atoms with Crippen LogP contribution in [0.15, 0.2) is 16.9 Å². The number of aryl methyl sites for hydroxylation is 1. The fourth-order valence-corrected chi connectivity index (χ4v) is 9.15. The molecule has 2 N–H and O–H groups in total. The van der Waals surface area contributed by atoms with Crippen LogP contribution in [0.3, 0.4) is 0 Å². The molecule has 1 saturated heterocycles. The van der Waals surface area contributed by atoms with E-state index >= 15 is 4.39 Å². The third-order valence-corrected chi connectivity index (χ3v) is 11.7. The summed E-state index contributed by atoms with van der Waals surface area (Å²) in [5, 5.41) is 15.2. The van der Waals surface area contributed by atoms with Crippen molar-refractivity contribution in [3.05, 3.63) is 61.7 Å². The number of amides is 1. The van der Waals surface area contributed by atoms with Crippen LogP contribution >= 0.6 is 21.6 Å². The Morgan fingerprint density at radius 1 is 1.27 bits per heavy atom. The first-order valence-corrected chi connectivity index (χ1v) is 17.3. The summed E-state index contributed by atoms with van der Waals surface area (Å²) in [5.74, 6) is -1.18. The maximum Gasteiger partial charge on any atom is 0.408 e. The molecule has 7 rings (SSSR count). The number of hydrogen-bond acceptors (Lipinski definition) is 10. The number of halogens is 1. The predicted octanol–water partition coefficient (Wildman–Crippen LogP) is 4.41. The molecule has 4 atom stereocenters. The molecular formula is C31H32FN3O7S2. The van der Waals surface area contributed by atoms with Crippen LogP contribution in [0.25, 0.3) is 22.3 Å². The van der Waals surface area contributed by atoms with Crippen LogP contribution < -0.4 is 10.9 Å². The number of carbonyl (C=O) groups excluding carboxylic acids is 2. The lowest BCUT2D eigenvalue weighted by Gasteiger charge is -2.32. The Morgan fingerprint density at radius 2 is 2.09 bits per heavy atom. The highest BCUT2D eigenvalue weighted by atomic mass is 33.1. The van der Waals surface area contributed by atoms with E-state index in [2.05, 4.69) is 5.32 Å².